The van der Waals surface area contributed by atoms with Crippen molar-refractivity contribution in [3.63, 3.8) is 0 Å². The zero-order valence-electron chi connectivity index (χ0n) is 14.7. The predicted molar refractivity (Wildman–Crippen MR) is 98.7 cm³/mol. The van der Waals surface area contributed by atoms with Crippen molar-refractivity contribution < 1.29 is 13.9 Å². The van der Waals surface area contributed by atoms with Crippen LogP contribution >= 0.6 is 11.3 Å². The van der Waals surface area contributed by atoms with Crippen molar-refractivity contribution in [1.82, 2.24) is 9.55 Å². The summed E-state index contributed by atoms with van der Waals surface area (Å²) in [6.45, 7) is 4.78. The lowest BCUT2D eigenvalue weighted by Gasteiger charge is -2.12. The molecular formula is C19H21FN2O2S. The van der Waals surface area contributed by atoms with Gasteiger partial charge < -0.3 is 14.0 Å². The number of hydrogen-bond donors (Lipinski definition) is 0. The zero-order valence-corrected chi connectivity index (χ0v) is 15.6. The number of ether oxygens (including phenoxy) is 2. The van der Waals surface area contributed by atoms with Crippen LogP contribution in [0.25, 0.3) is 21.1 Å². The Bertz CT molecular complexity index is 872. The van der Waals surface area contributed by atoms with Crippen LogP contribution in [0.1, 0.15) is 12.5 Å². The summed E-state index contributed by atoms with van der Waals surface area (Å²) in [6, 6.07) is 7.15. The maximum Gasteiger partial charge on any atom is 0.165 e. The van der Waals surface area contributed by atoms with Crippen LogP contribution in [-0.2, 0) is 11.3 Å². The molecule has 2 aromatic heterocycles. The van der Waals surface area contributed by atoms with Gasteiger partial charge in [0.25, 0.3) is 0 Å². The molecule has 0 aliphatic rings. The summed E-state index contributed by atoms with van der Waals surface area (Å²) in [6.07, 6.45) is 3.84. The quantitative estimate of drug-likeness (QED) is 0.635. The summed E-state index contributed by atoms with van der Waals surface area (Å²) < 4.78 is 26.5. The van der Waals surface area contributed by atoms with E-state index in [4.69, 9.17) is 9.47 Å². The van der Waals surface area contributed by atoms with E-state index in [2.05, 4.69) is 15.6 Å². The number of hydrogen-bond acceptors (Lipinski definition) is 4. The molecule has 1 unspecified atom stereocenters. The van der Waals surface area contributed by atoms with Crippen LogP contribution in [0, 0.1) is 12.7 Å². The largest absolute Gasteiger partial charge is 0.494 e. The molecular weight excluding hydrogens is 339 g/mol. The topological polar surface area (TPSA) is 36.3 Å². The van der Waals surface area contributed by atoms with Gasteiger partial charge in [-0.2, -0.15) is 0 Å². The molecule has 0 saturated heterocycles. The van der Waals surface area contributed by atoms with E-state index in [1.807, 2.05) is 26.1 Å². The molecule has 1 aromatic carbocycles. The Balaban J connectivity index is 1.96. The maximum absolute atomic E-state index is 14.0. The van der Waals surface area contributed by atoms with Gasteiger partial charge in [-0.05, 0) is 49.2 Å². The fraction of sp³-hybridized carbons (Fsp3) is 0.316. The first-order chi connectivity index (χ1) is 12.0. The average Bonchev–Trinajstić information content (AvgIpc) is 3.20. The molecule has 0 radical (unpaired) electrons. The lowest BCUT2D eigenvalue weighted by Crippen LogP contribution is -2.14. The minimum absolute atomic E-state index is 0.101. The van der Waals surface area contributed by atoms with E-state index >= 15 is 0 Å². The summed E-state index contributed by atoms with van der Waals surface area (Å²) >= 11 is 1.61. The number of aryl methyl sites for hydroxylation is 1. The molecule has 3 aromatic rings. The monoisotopic (exact) mass is 360 g/mol. The minimum Gasteiger partial charge on any atom is -0.494 e. The van der Waals surface area contributed by atoms with Crippen LogP contribution in [0.5, 0.6) is 5.75 Å². The van der Waals surface area contributed by atoms with Crippen molar-refractivity contribution in [1.29, 1.82) is 0 Å². The highest BCUT2D eigenvalue weighted by Gasteiger charge is 2.15. The molecule has 132 valence electrons. The highest BCUT2D eigenvalue weighted by atomic mass is 32.1. The first-order valence-electron chi connectivity index (χ1n) is 8.02. The van der Waals surface area contributed by atoms with E-state index in [9.17, 15) is 4.39 Å². The van der Waals surface area contributed by atoms with Gasteiger partial charge in [-0.1, -0.05) is 0 Å². The van der Waals surface area contributed by atoms with Crippen molar-refractivity contribution in [2.45, 2.75) is 26.5 Å². The number of imidazole rings is 1. The summed E-state index contributed by atoms with van der Waals surface area (Å²) in [5.74, 6) is 0.796. The minimum atomic E-state index is -0.357. The van der Waals surface area contributed by atoms with E-state index in [-0.39, 0.29) is 17.7 Å². The second-order valence-electron chi connectivity index (χ2n) is 5.92. The number of methoxy groups -OCH3 is 2. The van der Waals surface area contributed by atoms with Crippen molar-refractivity contribution in [2.75, 3.05) is 14.2 Å². The highest BCUT2D eigenvalue weighted by Crippen LogP contribution is 2.38. The number of thiophene rings is 1. The van der Waals surface area contributed by atoms with Gasteiger partial charge in [0, 0.05) is 24.4 Å². The number of benzene rings is 1. The van der Waals surface area contributed by atoms with E-state index in [0.29, 0.717) is 0 Å². The molecule has 25 heavy (non-hydrogen) atoms. The average molecular weight is 360 g/mol. The highest BCUT2D eigenvalue weighted by molar-refractivity contribution is 7.19. The number of rotatable bonds is 6. The molecule has 0 aliphatic carbocycles. The molecule has 0 fully saturated rings. The van der Waals surface area contributed by atoms with E-state index in [0.717, 1.165) is 33.3 Å². The maximum atomic E-state index is 14.0. The van der Waals surface area contributed by atoms with Crippen LogP contribution in [0.15, 0.2) is 36.7 Å². The number of aromatic nitrogens is 2. The van der Waals surface area contributed by atoms with Crippen LogP contribution in [0.3, 0.4) is 0 Å². The summed E-state index contributed by atoms with van der Waals surface area (Å²) in [4.78, 5) is 6.58. The molecule has 6 heteroatoms. The van der Waals surface area contributed by atoms with Gasteiger partial charge in [-0.3, -0.25) is 0 Å². The first kappa shape index (κ1) is 17.6. The van der Waals surface area contributed by atoms with Gasteiger partial charge in [0.2, 0.25) is 0 Å². The molecule has 0 saturated carbocycles. The third kappa shape index (κ3) is 3.60. The van der Waals surface area contributed by atoms with Crippen LogP contribution in [0.2, 0.25) is 0 Å². The Labute approximate surface area is 150 Å². The van der Waals surface area contributed by atoms with Gasteiger partial charge in [0.1, 0.15) is 5.82 Å². The lowest BCUT2D eigenvalue weighted by molar-refractivity contribution is 0.103. The van der Waals surface area contributed by atoms with Crippen molar-refractivity contribution in [3.05, 3.63) is 48.0 Å². The summed E-state index contributed by atoms with van der Waals surface area (Å²) in [7, 11) is 3.17. The van der Waals surface area contributed by atoms with Crippen LogP contribution < -0.4 is 4.74 Å². The van der Waals surface area contributed by atoms with Gasteiger partial charge in [-0.25, -0.2) is 9.37 Å². The molecule has 2 heterocycles. The second kappa shape index (κ2) is 7.37. The van der Waals surface area contributed by atoms with Crippen LogP contribution in [0.4, 0.5) is 4.39 Å². The molecule has 0 bridgehead atoms. The Kier molecular flexibility index (Phi) is 5.20. The Hall–Kier alpha value is -2.18. The zero-order chi connectivity index (χ0) is 18.0. The molecule has 4 nitrogen and oxygen atoms in total. The third-order valence-electron chi connectivity index (χ3n) is 4.12. The van der Waals surface area contributed by atoms with E-state index in [1.54, 1.807) is 30.7 Å². The van der Waals surface area contributed by atoms with Gasteiger partial charge in [-0.15, -0.1) is 11.3 Å². The van der Waals surface area contributed by atoms with Gasteiger partial charge in [0.05, 0.1) is 24.6 Å². The lowest BCUT2D eigenvalue weighted by atomic mass is 10.1. The predicted octanol–water partition coefficient (Wildman–Crippen LogP) is 4.77. The second-order valence-corrected chi connectivity index (χ2v) is 6.97. The van der Waals surface area contributed by atoms with Crippen molar-refractivity contribution >= 4 is 11.3 Å². The Morgan fingerprint density at radius 3 is 2.76 bits per heavy atom. The normalized spacial score (nSPS) is 12.4. The standard InChI is InChI=1S/C19H21FN2O2S/c1-12-9-17(19-21-7-8-22(19)11-13(2)23-3)25-18(12)14-5-6-16(24-4)15(20)10-14/h5-10,13H,11H2,1-4H3. The molecule has 0 aliphatic heterocycles. The molecule has 3 rings (SSSR count). The van der Waals surface area contributed by atoms with Gasteiger partial charge in [0.15, 0.2) is 11.6 Å². The summed E-state index contributed by atoms with van der Waals surface area (Å²) in [5.41, 5.74) is 1.94. The third-order valence-corrected chi connectivity index (χ3v) is 5.41. The van der Waals surface area contributed by atoms with E-state index in [1.165, 1.54) is 13.2 Å². The molecule has 1 atom stereocenters. The van der Waals surface area contributed by atoms with Crippen molar-refractivity contribution in [2.24, 2.45) is 0 Å². The molecule has 0 N–H and O–H groups in total. The number of halogens is 1. The van der Waals surface area contributed by atoms with Crippen molar-refractivity contribution in [3.8, 4) is 26.9 Å². The fourth-order valence-electron chi connectivity index (χ4n) is 2.72. The Morgan fingerprint density at radius 2 is 2.08 bits per heavy atom. The van der Waals surface area contributed by atoms with E-state index < -0.39 is 0 Å². The summed E-state index contributed by atoms with van der Waals surface area (Å²) in [5, 5.41) is 0. The first-order valence-corrected chi connectivity index (χ1v) is 8.83. The number of nitrogens with zero attached hydrogens (tertiary/aromatic N) is 2. The molecule has 0 spiro atoms. The Morgan fingerprint density at radius 1 is 1.28 bits per heavy atom. The molecule has 0 amide bonds. The van der Waals surface area contributed by atoms with Crippen LogP contribution in [-0.4, -0.2) is 29.9 Å². The SMILES string of the molecule is COc1ccc(-c2sc(-c3nccn3CC(C)OC)cc2C)cc1F. The fourth-order valence-corrected chi connectivity index (χ4v) is 3.90. The smallest absolute Gasteiger partial charge is 0.165 e. The van der Waals surface area contributed by atoms with Gasteiger partial charge >= 0.3 is 0 Å².